The summed E-state index contributed by atoms with van der Waals surface area (Å²) >= 11 is 0. The maximum Gasteiger partial charge on any atom is 0.261 e. The Hall–Kier alpha value is -2.95. The van der Waals surface area contributed by atoms with Crippen LogP contribution in [0, 0.1) is 6.92 Å². The van der Waals surface area contributed by atoms with Crippen molar-refractivity contribution < 1.29 is 4.79 Å². The Kier molecular flexibility index (Phi) is 4.29. The maximum atomic E-state index is 12.7. The number of aromatic nitrogens is 2. The van der Waals surface area contributed by atoms with Gasteiger partial charge in [-0.15, -0.1) is 0 Å². The van der Waals surface area contributed by atoms with Crippen LogP contribution in [-0.2, 0) is 17.8 Å². The normalized spacial score (nSPS) is 16.3. The molecule has 1 aromatic heterocycles. The van der Waals surface area contributed by atoms with Gasteiger partial charge in [-0.2, -0.15) is 0 Å². The highest BCUT2D eigenvalue weighted by atomic mass is 16.2. The molecule has 1 heterocycles. The molecule has 132 valence electrons. The van der Waals surface area contributed by atoms with Crippen molar-refractivity contribution in [3.63, 3.8) is 0 Å². The van der Waals surface area contributed by atoms with Gasteiger partial charge >= 0.3 is 0 Å². The molecule has 1 N–H and O–H groups in total. The van der Waals surface area contributed by atoms with Crippen molar-refractivity contribution in [3.8, 4) is 0 Å². The van der Waals surface area contributed by atoms with Crippen molar-refractivity contribution in [3.05, 3.63) is 75.8 Å². The second-order valence-electron chi connectivity index (χ2n) is 6.78. The molecule has 0 radical (unpaired) electrons. The number of aryl methyl sites for hydroxylation is 2. The number of nitrogens with zero attached hydrogens (tertiary/aromatic N) is 2. The number of hydrogen-bond donors (Lipinski definition) is 1. The van der Waals surface area contributed by atoms with Crippen LogP contribution in [0.4, 0.5) is 0 Å². The third-order valence-electron chi connectivity index (χ3n) is 5.06. The summed E-state index contributed by atoms with van der Waals surface area (Å²) in [5.41, 5.74) is 2.97. The molecular weight excluding hydrogens is 326 g/mol. The Balaban J connectivity index is 1.58. The van der Waals surface area contributed by atoms with E-state index >= 15 is 0 Å². The first-order valence-electron chi connectivity index (χ1n) is 8.97. The van der Waals surface area contributed by atoms with Gasteiger partial charge in [-0.05, 0) is 49.4 Å². The van der Waals surface area contributed by atoms with E-state index in [9.17, 15) is 9.59 Å². The van der Waals surface area contributed by atoms with Gasteiger partial charge in [0.2, 0.25) is 5.91 Å². The van der Waals surface area contributed by atoms with Crippen LogP contribution in [0.1, 0.15) is 35.8 Å². The van der Waals surface area contributed by atoms with Crippen molar-refractivity contribution >= 4 is 16.8 Å². The van der Waals surface area contributed by atoms with Crippen molar-refractivity contribution in [2.24, 2.45) is 0 Å². The molecule has 0 fully saturated rings. The second kappa shape index (κ2) is 6.75. The number of carbonyl (C=O) groups is 1. The summed E-state index contributed by atoms with van der Waals surface area (Å²) in [7, 11) is 0. The molecule has 4 rings (SSSR count). The van der Waals surface area contributed by atoms with Gasteiger partial charge in [0.1, 0.15) is 12.4 Å². The molecule has 0 spiro atoms. The van der Waals surface area contributed by atoms with E-state index in [0.29, 0.717) is 16.7 Å². The van der Waals surface area contributed by atoms with Crippen molar-refractivity contribution in [2.75, 3.05) is 0 Å². The highest BCUT2D eigenvalue weighted by molar-refractivity contribution is 5.79. The first-order valence-corrected chi connectivity index (χ1v) is 8.97. The lowest BCUT2D eigenvalue weighted by atomic mass is 9.88. The lowest BCUT2D eigenvalue weighted by Crippen LogP contribution is -2.37. The first kappa shape index (κ1) is 16.5. The minimum atomic E-state index is -0.174. The van der Waals surface area contributed by atoms with Crippen molar-refractivity contribution in [2.45, 2.75) is 38.8 Å². The van der Waals surface area contributed by atoms with Gasteiger partial charge in [-0.1, -0.05) is 36.4 Å². The largest absolute Gasteiger partial charge is 0.348 e. The van der Waals surface area contributed by atoms with E-state index < -0.39 is 0 Å². The van der Waals surface area contributed by atoms with Gasteiger partial charge in [0.15, 0.2) is 0 Å². The zero-order chi connectivity index (χ0) is 18.1. The summed E-state index contributed by atoms with van der Waals surface area (Å²) in [6.07, 6.45) is 3.03. The molecule has 0 aliphatic heterocycles. The molecule has 1 aliphatic carbocycles. The Morgan fingerprint density at radius 1 is 1.19 bits per heavy atom. The SMILES string of the molecule is Cc1nc2ccccc2c(=O)n1CC(=O)N[C@@H]1CCCc2ccccc21. The molecule has 2 aromatic carbocycles. The molecular formula is C21H21N3O2. The fourth-order valence-electron chi connectivity index (χ4n) is 3.75. The number of rotatable bonds is 3. The predicted octanol–water partition coefficient (Wildman–Crippen LogP) is 2.90. The van der Waals surface area contributed by atoms with E-state index in [1.54, 1.807) is 13.0 Å². The van der Waals surface area contributed by atoms with Crippen LogP contribution < -0.4 is 10.9 Å². The van der Waals surface area contributed by atoms with Crippen LogP contribution in [0.5, 0.6) is 0 Å². The first-order chi connectivity index (χ1) is 12.6. The highest BCUT2D eigenvalue weighted by Crippen LogP contribution is 2.29. The molecule has 3 aromatic rings. The van der Waals surface area contributed by atoms with Crippen molar-refractivity contribution in [1.29, 1.82) is 0 Å². The minimum absolute atomic E-state index is 0.0110. The second-order valence-corrected chi connectivity index (χ2v) is 6.78. The molecule has 1 atom stereocenters. The van der Waals surface area contributed by atoms with E-state index in [0.717, 1.165) is 19.3 Å². The third-order valence-corrected chi connectivity index (χ3v) is 5.06. The Labute approximate surface area is 151 Å². The van der Waals surface area contributed by atoms with Gasteiger partial charge < -0.3 is 5.32 Å². The van der Waals surface area contributed by atoms with Gasteiger partial charge in [0.05, 0.1) is 16.9 Å². The predicted molar refractivity (Wildman–Crippen MR) is 101 cm³/mol. The van der Waals surface area contributed by atoms with Crippen LogP contribution in [0.2, 0.25) is 0 Å². The molecule has 26 heavy (non-hydrogen) atoms. The fraction of sp³-hybridized carbons (Fsp3) is 0.286. The summed E-state index contributed by atoms with van der Waals surface area (Å²) in [4.78, 5) is 29.8. The van der Waals surface area contributed by atoms with E-state index in [4.69, 9.17) is 0 Å². The van der Waals surface area contributed by atoms with E-state index in [-0.39, 0.29) is 24.1 Å². The third kappa shape index (κ3) is 3.01. The van der Waals surface area contributed by atoms with Gasteiger partial charge in [0.25, 0.3) is 5.56 Å². The average molecular weight is 347 g/mol. The standard InChI is InChI=1S/C21H21N3O2/c1-14-22-19-11-5-4-10-17(19)21(26)24(14)13-20(25)23-18-12-6-8-15-7-2-3-9-16(15)18/h2-5,7,9-11,18H,6,8,12-13H2,1H3,(H,23,25)/t18-/m1/s1. The summed E-state index contributed by atoms with van der Waals surface area (Å²) in [5, 5.41) is 3.64. The molecule has 0 saturated carbocycles. The molecule has 1 amide bonds. The molecule has 5 nitrogen and oxygen atoms in total. The minimum Gasteiger partial charge on any atom is -0.348 e. The lowest BCUT2D eigenvalue weighted by Gasteiger charge is -2.26. The smallest absolute Gasteiger partial charge is 0.261 e. The Bertz CT molecular complexity index is 1040. The fourth-order valence-corrected chi connectivity index (χ4v) is 3.75. The quantitative estimate of drug-likeness (QED) is 0.792. The molecule has 1 aliphatic rings. The number of fused-ring (bicyclic) bond motifs is 2. The zero-order valence-corrected chi connectivity index (χ0v) is 14.7. The monoisotopic (exact) mass is 347 g/mol. The summed E-state index contributed by atoms with van der Waals surface area (Å²) < 4.78 is 1.45. The average Bonchev–Trinajstić information content (AvgIpc) is 2.65. The number of benzene rings is 2. The van der Waals surface area contributed by atoms with Gasteiger partial charge in [0, 0.05) is 0 Å². The summed E-state index contributed by atoms with van der Waals surface area (Å²) in [5.74, 6) is 0.391. The summed E-state index contributed by atoms with van der Waals surface area (Å²) in [6, 6.07) is 15.5. The van der Waals surface area contributed by atoms with E-state index in [1.165, 1.54) is 15.7 Å². The molecule has 5 heteroatoms. The van der Waals surface area contributed by atoms with E-state index in [1.807, 2.05) is 30.3 Å². The Morgan fingerprint density at radius 3 is 2.85 bits per heavy atom. The number of hydrogen-bond acceptors (Lipinski definition) is 3. The maximum absolute atomic E-state index is 12.7. The molecule has 0 saturated heterocycles. The zero-order valence-electron chi connectivity index (χ0n) is 14.7. The van der Waals surface area contributed by atoms with E-state index in [2.05, 4.69) is 22.4 Å². The van der Waals surface area contributed by atoms with Crippen molar-refractivity contribution in [1.82, 2.24) is 14.9 Å². The molecule has 0 bridgehead atoms. The highest BCUT2D eigenvalue weighted by Gasteiger charge is 2.22. The number of para-hydroxylation sites is 1. The topological polar surface area (TPSA) is 64.0 Å². The molecule has 0 unspecified atom stereocenters. The lowest BCUT2D eigenvalue weighted by molar-refractivity contribution is -0.122. The van der Waals surface area contributed by atoms with Crippen LogP contribution in [0.3, 0.4) is 0 Å². The van der Waals surface area contributed by atoms with Gasteiger partial charge in [-0.3, -0.25) is 14.2 Å². The van der Waals surface area contributed by atoms with Gasteiger partial charge in [-0.25, -0.2) is 4.98 Å². The number of amides is 1. The summed E-state index contributed by atoms with van der Waals surface area (Å²) in [6.45, 7) is 1.75. The van der Waals surface area contributed by atoms with Crippen LogP contribution >= 0.6 is 0 Å². The number of nitrogens with one attached hydrogen (secondary N) is 1. The number of carbonyl (C=O) groups excluding carboxylic acids is 1. The van der Waals surface area contributed by atoms with Crippen LogP contribution in [-0.4, -0.2) is 15.5 Å². The van der Waals surface area contributed by atoms with Crippen LogP contribution in [0.15, 0.2) is 53.3 Å². The van der Waals surface area contributed by atoms with Crippen LogP contribution in [0.25, 0.3) is 10.9 Å². The Morgan fingerprint density at radius 2 is 1.96 bits per heavy atom.